The fraction of sp³-hybridized carbons (Fsp3) is 0.714. The number of hydrogen-bond acceptors (Lipinski definition) is 7. The highest BCUT2D eigenvalue weighted by molar-refractivity contribution is 5.81. The minimum atomic E-state index is -0.809. The lowest BCUT2D eigenvalue weighted by Gasteiger charge is -2.06. The van der Waals surface area contributed by atoms with Crippen molar-refractivity contribution in [1.82, 2.24) is 0 Å². The van der Waals surface area contributed by atoms with Crippen molar-refractivity contribution >= 4 is 23.9 Å². The molecule has 0 aromatic rings. The van der Waals surface area contributed by atoms with Crippen LogP contribution in [0.4, 0.5) is 0 Å². The number of carbonyl (C=O) groups is 4. The SMILES string of the molecule is C=CC(=O)OCCCCCC(=O)OCCCCCC(=O)OCCCCCC(=O)O. The van der Waals surface area contributed by atoms with E-state index < -0.39 is 11.9 Å². The number of carboxylic acids is 1. The van der Waals surface area contributed by atoms with Gasteiger partial charge in [0.25, 0.3) is 0 Å². The lowest BCUT2D eigenvalue weighted by atomic mass is 10.2. The van der Waals surface area contributed by atoms with E-state index >= 15 is 0 Å². The van der Waals surface area contributed by atoms with Gasteiger partial charge in [-0.25, -0.2) is 4.79 Å². The van der Waals surface area contributed by atoms with Crippen LogP contribution < -0.4 is 0 Å². The van der Waals surface area contributed by atoms with Gasteiger partial charge in [0.2, 0.25) is 0 Å². The van der Waals surface area contributed by atoms with Gasteiger partial charge in [0, 0.05) is 25.3 Å². The third-order valence-electron chi connectivity index (χ3n) is 4.02. The zero-order valence-corrected chi connectivity index (χ0v) is 17.2. The number of aliphatic carboxylic acids is 1. The Morgan fingerprint density at radius 1 is 0.621 bits per heavy atom. The highest BCUT2D eigenvalue weighted by Gasteiger charge is 2.05. The van der Waals surface area contributed by atoms with Gasteiger partial charge in [0.05, 0.1) is 19.8 Å². The summed E-state index contributed by atoms with van der Waals surface area (Å²) in [6.07, 6.45) is 8.26. The van der Waals surface area contributed by atoms with Crippen molar-refractivity contribution in [3.63, 3.8) is 0 Å². The highest BCUT2D eigenvalue weighted by Crippen LogP contribution is 2.06. The van der Waals surface area contributed by atoms with Crippen molar-refractivity contribution in [2.45, 2.75) is 77.0 Å². The summed E-state index contributed by atoms with van der Waals surface area (Å²) in [6, 6.07) is 0. The van der Waals surface area contributed by atoms with E-state index in [-0.39, 0.29) is 18.4 Å². The molecular formula is C21H34O8. The Bertz CT molecular complexity index is 501. The second-order valence-corrected chi connectivity index (χ2v) is 6.64. The number of ether oxygens (including phenoxy) is 3. The van der Waals surface area contributed by atoms with Crippen molar-refractivity contribution in [2.24, 2.45) is 0 Å². The molecule has 0 saturated heterocycles. The van der Waals surface area contributed by atoms with Gasteiger partial charge in [-0.05, 0) is 57.8 Å². The van der Waals surface area contributed by atoms with Crippen LogP contribution in [0.3, 0.4) is 0 Å². The number of carboxylic acid groups (broad SMARTS) is 1. The molecule has 166 valence electrons. The van der Waals surface area contributed by atoms with Gasteiger partial charge in [0.15, 0.2) is 0 Å². The molecule has 0 aliphatic carbocycles. The first-order valence-corrected chi connectivity index (χ1v) is 10.3. The molecule has 0 fully saturated rings. The molecule has 0 aromatic carbocycles. The first-order valence-electron chi connectivity index (χ1n) is 10.3. The number of carbonyl (C=O) groups excluding carboxylic acids is 3. The molecule has 0 atom stereocenters. The molecular weight excluding hydrogens is 380 g/mol. The summed E-state index contributed by atoms with van der Waals surface area (Å²) >= 11 is 0. The smallest absolute Gasteiger partial charge is 0.330 e. The Labute approximate surface area is 172 Å². The van der Waals surface area contributed by atoms with Crippen molar-refractivity contribution in [3.05, 3.63) is 12.7 Å². The summed E-state index contributed by atoms with van der Waals surface area (Å²) < 4.78 is 15.1. The molecule has 0 unspecified atom stereocenters. The van der Waals surface area contributed by atoms with Crippen molar-refractivity contribution in [2.75, 3.05) is 19.8 Å². The van der Waals surface area contributed by atoms with Crippen LogP contribution in [0.25, 0.3) is 0 Å². The maximum absolute atomic E-state index is 11.6. The van der Waals surface area contributed by atoms with Crippen LogP contribution >= 0.6 is 0 Å². The molecule has 29 heavy (non-hydrogen) atoms. The highest BCUT2D eigenvalue weighted by atomic mass is 16.5. The first kappa shape index (κ1) is 26.6. The van der Waals surface area contributed by atoms with E-state index in [4.69, 9.17) is 19.3 Å². The van der Waals surface area contributed by atoms with Crippen molar-refractivity contribution in [3.8, 4) is 0 Å². The maximum Gasteiger partial charge on any atom is 0.330 e. The molecule has 0 aliphatic rings. The summed E-state index contributed by atoms with van der Waals surface area (Å²) in [7, 11) is 0. The zero-order valence-electron chi connectivity index (χ0n) is 17.2. The van der Waals surface area contributed by atoms with E-state index in [1.54, 1.807) is 0 Å². The van der Waals surface area contributed by atoms with Crippen molar-refractivity contribution < 1.29 is 38.5 Å². The first-order chi connectivity index (χ1) is 14.0. The Morgan fingerprint density at radius 3 is 1.45 bits per heavy atom. The summed E-state index contributed by atoms with van der Waals surface area (Å²) in [5, 5.41) is 8.51. The Kier molecular flexibility index (Phi) is 17.4. The molecule has 1 N–H and O–H groups in total. The summed E-state index contributed by atoms with van der Waals surface area (Å²) in [5.41, 5.74) is 0. The van der Waals surface area contributed by atoms with Crippen LogP contribution in [0.2, 0.25) is 0 Å². The third kappa shape index (κ3) is 20.2. The quantitative estimate of drug-likeness (QED) is 0.148. The molecule has 0 radical (unpaired) electrons. The van der Waals surface area contributed by atoms with Gasteiger partial charge in [-0.1, -0.05) is 6.58 Å². The van der Waals surface area contributed by atoms with Crippen molar-refractivity contribution in [1.29, 1.82) is 0 Å². The number of rotatable bonds is 19. The van der Waals surface area contributed by atoms with Crippen LogP contribution in [0.1, 0.15) is 77.0 Å². The van der Waals surface area contributed by atoms with Gasteiger partial charge < -0.3 is 19.3 Å². The van der Waals surface area contributed by atoms with Crippen LogP contribution in [0.5, 0.6) is 0 Å². The van der Waals surface area contributed by atoms with Gasteiger partial charge in [-0.2, -0.15) is 0 Å². The monoisotopic (exact) mass is 414 g/mol. The van der Waals surface area contributed by atoms with Gasteiger partial charge in [0.1, 0.15) is 0 Å². The number of hydrogen-bond donors (Lipinski definition) is 1. The van der Waals surface area contributed by atoms with E-state index in [2.05, 4.69) is 6.58 Å². The number of unbranched alkanes of at least 4 members (excludes halogenated alkanes) is 6. The lowest BCUT2D eigenvalue weighted by Crippen LogP contribution is -2.07. The second-order valence-electron chi connectivity index (χ2n) is 6.64. The van der Waals surface area contributed by atoms with Crippen LogP contribution in [0.15, 0.2) is 12.7 Å². The normalized spacial score (nSPS) is 10.2. The molecule has 0 saturated carbocycles. The molecule has 0 aliphatic heterocycles. The molecule has 0 amide bonds. The Hall–Kier alpha value is -2.38. The summed E-state index contributed by atoms with van der Waals surface area (Å²) in [4.78, 5) is 44.3. The summed E-state index contributed by atoms with van der Waals surface area (Å²) in [5.74, 6) is -1.74. The van der Waals surface area contributed by atoms with E-state index in [0.717, 1.165) is 25.3 Å². The van der Waals surface area contributed by atoms with Crippen LogP contribution in [-0.4, -0.2) is 48.8 Å². The van der Waals surface area contributed by atoms with Gasteiger partial charge in [-0.3, -0.25) is 14.4 Å². The van der Waals surface area contributed by atoms with Crippen LogP contribution in [-0.2, 0) is 33.4 Å². The molecule has 8 heteroatoms. The molecule has 0 heterocycles. The molecule has 0 spiro atoms. The molecule has 8 nitrogen and oxygen atoms in total. The Balaban J connectivity index is 3.36. The Morgan fingerprint density at radius 2 is 1.03 bits per heavy atom. The third-order valence-corrected chi connectivity index (χ3v) is 4.02. The molecule has 0 bridgehead atoms. The average molecular weight is 414 g/mol. The van der Waals surface area contributed by atoms with Gasteiger partial charge >= 0.3 is 23.9 Å². The predicted octanol–water partition coefficient (Wildman–Crippen LogP) is 3.57. The van der Waals surface area contributed by atoms with E-state index in [1.165, 1.54) is 0 Å². The number of esters is 3. The molecule has 0 rings (SSSR count). The maximum atomic E-state index is 11.6. The standard InChI is InChI=1S/C21H34O8/c1-2-19(24)27-15-10-4-7-13-21(26)29-17-11-5-8-14-20(25)28-16-9-3-6-12-18(22)23/h2H,1,3-17H2,(H,22,23). The van der Waals surface area contributed by atoms with Crippen LogP contribution in [0, 0.1) is 0 Å². The minimum Gasteiger partial charge on any atom is -0.481 e. The largest absolute Gasteiger partial charge is 0.481 e. The van der Waals surface area contributed by atoms with E-state index in [1.807, 2.05) is 0 Å². The van der Waals surface area contributed by atoms with Gasteiger partial charge in [-0.15, -0.1) is 0 Å². The van der Waals surface area contributed by atoms with E-state index in [9.17, 15) is 19.2 Å². The zero-order chi connectivity index (χ0) is 21.7. The minimum absolute atomic E-state index is 0.145. The summed E-state index contributed by atoms with van der Waals surface area (Å²) in [6.45, 7) is 4.30. The average Bonchev–Trinajstić information content (AvgIpc) is 2.69. The fourth-order valence-corrected chi connectivity index (χ4v) is 2.40. The second kappa shape index (κ2) is 19.0. The lowest BCUT2D eigenvalue weighted by molar-refractivity contribution is -0.145. The predicted molar refractivity (Wildman–Crippen MR) is 106 cm³/mol. The fourth-order valence-electron chi connectivity index (χ4n) is 2.40. The van der Waals surface area contributed by atoms with E-state index in [0.29, 0.717) is 71.2 Å². The molecule has 0 aromatic heterocycles. The topological polar surface area (TPSA) is 116 Å².